The zero-order valence-corrected chi connectivity index (χ0v) is 8.96. The number of nitrogens with zero attached hydrogens (tertiary/aromatic N) is 2. The van der Waals surface area contributed by atoms with Crippen LogP contribution in [0.5, 0.6) is 5.75 Å². The summed E-state index contributed by atoms with van der Waals surface area (Å²) in [7, 11) is 0. The van der Waals surface area contributed by atoms with E-state index in [1.165, 1.54) is 0 Å². The number of aliphatic hydroxyl groups excluding tert-OH is 1. The molecule has 0 aliphatic carbocycles. The second kappa shape index (κ2) is 5.22. The Hall–Kier alpha value is -2.21. The van der Waals surface area contributed by atoms with Crippen LogP contribution in [0.4, 0.5) is 0 Å². The highest BCUT2D eigenvalue weighted by atomic mass is 16.5. The Morgan fingerprint density at radius 3 is 3.06 bits per heavy atom. The quantitative estimate of drug-likeness (QED) is 0.736. The van der Waals surface area contributed by atoms with Gasteiger partial charge in [-0.25, -0.2) is 0 Å². The van der Waals surface area contributed by atoms with Gasteiger partial charge in [0.15, 0.2) is 5.78 Å². The predicted molar refractivity (Wildman–Crippen MR) is 58.6 cm³/mol. The summed E-state index contributed by atoms with van der Waals surface area (Å²) in [5, 5.41) is 18.7. The number of carbonyl (C=O) groups excluding carboxylic acids is 1. The van der Waals surface area contributed by atoms with Gasteiger partial charge in [0.1, 0.15) is 24.7 Å². The van der Waals surface area contributed by atoms with E-state index in [1.54, 1.807) is 30.5 Å². The average molecular weight is 233 g/mol. The van der Waals surface area contributed by atoms with Crippen LogP contribution >= 0.6 is 0 Å². The zero-order chi connectivity index (χ0) is 12.1. The van der Waals surface area contributed by atoms with Crippen LogP contribution in [0.25, 0.3) is 0 Å². The van der Waals surface area contributed by atoms with Gasteiger partial charge in [0.25, 0.3) is 0 Å². The van der Waals surface area contributed by atoms with E-state index in [9.17, 15) is 4.79 Å². The van der Waals surface area contributed by atoms with Crippen LogP contribution in [-0.4, -0.2) is 32.9 Å². The van der Waals surface area contributed by atoms with Crippen LogP contribution in [0.2, 0.25) is 0 Å². The first-order valence-corrected chi connectivity index (χ1v) is 5.01. The molecule has 6 nitrogen and oxygen atoms in total. The van der Waals surface area contributed by atoms with Gasteiger partial charge in [-0.2, -0.15) is 15.4 Å². The summed E-state index contributed by atoms with van der Waals surface area (Å²) in [6, 6.07) is 6.63. The van der Waals surface area contributed by atoms with Crippen molar-refractivity contribution in [3.63, 3.8) is 0 Å². The van der Waals surface area contributed by atoms with Crippen LogP contribution < -0.4 is 4.74 Å². The normalized spacial score (nSPS) is 10.2. The van der Waals surface area contributed by atoms with E-state index in [-0.39, 0.29) is 12.4 Å². The van der Waals surface area contributed by atoms with Gasteiger partial charge >= 0.3 is 0 Å². The van der Waals surface area contributed by atoms with Crippen molar-refractivity contribution < 1.29 is 14.6 Å². The molecule has 0 fully saturated rings. The second-order valence-electron chi connectivity index (χ2n) is 3.36. The largest absolute Gasteiger partial charge is 0.487 e. The number of Topliss-reactive ketones (excluding diaryl/α,β-unsaturated/α-hetero) is 1. The van der Waals surface area contributed by atoms with E-state index in [4.69, 9.17) is 9.84 Å². The van der Waals surface area contributed by atoms with Gasteiger partial charge in [-0.3, -0.25) is 4.79 Å². The summed E-state index contributed by atoms with van der Waals surface area (Å²) in [5.74, 6) is 0.212. The van der Waals surface area contributed by atoms with Crippen molar-refractivity contribution in [2.24, 2.45) is 0 Å². The summed E-state index contributed by atoms with van der Waals surface area (Å²) < 4.78 is 5.43. The minimum atomic E-state index is -0.507. The number of nitrogens with one attached hydrogen (secondary N) is 1. The van der Waals surface area contributed by atoms with Gasteiger partial charge in [-0.15, -0.1) is 0 Å². The fourth-order valence-corrected chi connectivity index (χ4v) is 1.30. The standard InChI is InChI=1S/C11H11N3O3/c15-6-11(16)8-2-1-3-10(4-8)17-7-9-5-12-14-13-9/h1-5,15H,6-7H2,(H,12,13,14). The minimum absolute atomic E-state index is 0.271. The Kier molecular flexibility index (Phi) is 3.46. The molecule has 0 aliphatic heterocycles. The maximum atomic E-state index is 11.3. The molecular formula is C11H11N3O3. The lowest BCUT2D eigenvalue weighted by molar-refractivity contribution is 0.0903. The molecule has 1 aromatic carbocycles. The van der Waals surface area contributed by atoms with Gasteiger partial charge < -0.3 is 9.84 Å². The minimum Gasteiger partial charge on any atom is -0.487 e. The number of aliphatic hydroxyl groups is 1. The first kappa shape index (κ1) is 11.3. The molecule has 0 radical (unpaired) electrons. The highest BCUT2D eigenvalue weighted by molar-refractivity contribution is 5.97. The van der Waals surface area contributed by atoms with Crippen molar-refractivity contribution in [1.82, 2.24) is 15.4 Å². The molecule has 17 heavy (non-hydrogen) atoms. The number of aromatic amines is 1. The number of ether oxygens (including phenoxy) is 1. The Bertz CT molecular complexity index is 496. The molecule has 0 saturated carbocycles. The highest BCUT2D eigenvalue weighted by Gasteiger charge is 2.05. The molecule has 0 spiro atoms. The van der Waals surface area contributed by atoms with E-state index in [0.29, 0.717) is 17.0 Å². The van der Waals surface area contributed by atoms with Crippen molar-refractivity contribution in [2.75, 3.05) is 6.61 Å². The number of hydrogen-bond donors (Lipinski definition) is 2. The Labute approximate surface area is 97.2 Å². The number of benzene rings is 1. The maximum absolute atomic E-state index is 11.3. The van der Waals surface area contributed by atoms with Crippen molar-refractivity contribution in [3.05, 3.63) is 41.7 Å². The third-order valence-electron chi connectivity index (χ3n) is 2.15. The Morgan fingerprint density at radius 2 is 2.35 bits per heavy atom. The lowest BCUT2D eigenvalue weighted by atomic mass is 10.1. The van der Waals surface area contributed by atoms with Crippen molar-refractivity contribution in [2.45, 2.75) is 6.61 Å². The van der Waals surface area contributed by atoms with Gasteiger partial charge in [0.2, 0.25) is 0 Å². The molecule has 0 saturated heterocycles. The number of ketones is 1. The van der Waals surface area contributed by atoms with Crippen molar-refractivity contribution in [1.29, 1.82) is 0 Å². The number of rotatable bonds is 5. The molecule has 0 amide bonds. The second-order valence-corrected chi connectivity index (χ2v) is 3.36. The summed E-state index contributed by atoms with van der Waals surface area (Å²) in [6.07, 6.45) is 1.56. The van der Waals surface area contributed by atoms with Gasteiger partial charge in [0, 0.05) is 5.56 Å². The Balaban J connectivity index is 2.03. The van der Waals surface area contributed by atoms with E-state index in [0.717, 1.165) is 0 Å². The summed E-state index contributed by atoms with van der Waals surface area (Å²) in [5.41, 5.74) is 1.09. The molecule has 2 aromatic rings. The fraction of sp³-hybridized carbons (Fsp3) is 0.182. The first-order valence-electron chi connectivity index (χ1n) is 5.01. The lowest BCUT2D eigenvalue weighted by Gasteiger charge is -2.05. The molecule has 1 heterocycles. The van der Waals surface area contributed by atoms with Gasteiger partial charge in [-0.1, -0.05) is 12.1 Å². The number of H-pyrrole nitrogens is 1. The molecule has 0 unspecified atom stereocenters. The van der Waals surface area contributed by atoms with Crippen LogP contribution in [-0.2, 0) is 6.61 Å². The topological polar surface area (TPSA) is 88.1 Å². The number of aromatic nitrogens is 3. The van der Waals surface area contributed by atoms with Crippen LogP contribution in [0.1, 0.15) is 16.1 Å². The third-order valence-corrected chi connectivity index (χ3v) is 2.15. The smallest absolute Gasteiger partial charge is 0.188 e. The molecule has 88 valence electrons. The number of hydrogen-bond acceptors (Lipinski definition) is 5. The molecule has 0 atom stereocenters. The molecule has 0 bridgehead atoms. The summed E-state index contributed by atoms with van der Waals surface area (Å²) in [4.78, 5) is 11.3. The van der Waals surface area contributed by atoms with Gasteiger partial charge in [-0.05, 0) is 12.1 Å². The summed E-state index contributed by atoms with van der Waals surface area (Å²) >= 11 is 0. The SMILES string of the molecule is O=C(CO)c1cccc(OCc2cn[nH]n2)c1. The zero-order valence-electron chi connectivity index (χ0n) is 8.96. The van der Waals surface area contributed by atoms with Crippen molar-refractivity contribution >= 4 is 5.78 Å². The average Bonchev–Trinajstić information content (AvgIpc) is 2.89. The van der Waals surface area contributed by atoms with E-state index in [1.807, 2.05) is 0 Å². The molecule has 1 aromatic heterocycles. The maximum Gasteiger partial charge on any atom is 0.188 e. The summed E-state index contributed by atoms with van der Waals surface area (Å²) in [6.45, 7) is -0.236. The third kappa shape index (κ3) is 2.88. The van der Waals surface area contributed by atoms with Crippen LogP contribution in [0, 0.1) is 0 Å². The van der Waals surface area contributed by atoms with E-state index < -0.39 is 6.61 Å². The molecule has 0 aliphatic rings. The lowest BCUT2D eigenvalue weighted by Crippen LogP contribution is -2.04. The number of carbonyl (C=O) groups is 1. The van der Waals surface area contributed by atoms with Crippen LogP contribution in [0.3, 0.4) is 0 Å². The monoisotopic (exact) mass is 233 g/mol. The Morgan fingerprint density at radius 1 is 1.47 bits per heavy atom. The predicted octanol–water partition coefficient (Wildman–Crippen LogP) is 0.559. The van der Waals surface area contributed by atoms with Crippen LogP contribution in [0.15, 0.2) is 30.5 Å². The highest BCUT2D eigenvalue weighted by Crippen LogP contribution is 2.14. The fourth-order valence-electron chi connectivity index (χ4n) is 1.30. The molecule has 2 N–H and O–H groups in total. The molecule has 6 heteroatoms. The van der Waals surface area contributed by atoms with Gasteiger partial charge in [0.05, 0.1) is 6.20 Å². The van der Waals surface area contributed by atoms with E-state index >= 15 is 0 Å². The molecular weight excluding hydrogens is 222 g/mol. The van der Waals surface area contributed by atoms with Crippen molar-refractivity contribution in [3.8, 4) is 5.75 Å². The molecule has 2 rings (SSSR count). The van der Waals surface area contributed by atoms with E-state index in [2.05, 4.69) is 15.4 Å². The first-order chi connectivity index (χ1) is 8.29.